The molecule has 0 bridgehead atoms. The molecule has 8 heteroatoms. The van der Waals surface area contributed by atoms with E-state index in [1.807, 2.05) is 0 Å². The average Bonchev–Trinajstić information content (AvgIpc) is 3.09. The molecule has 146 valence electrons. The molecule has 0 spiro atoms. The maximum Gasteiger partial charge on any atom is 0.309 e. The van der Waals surface area contributed by atoms with Crippen LogP contribution in [0, 0.1) is 5.92 Å². The first-order valence-corrected chi connectivity index (χ1v) is 9.22. The van der Waals surface area contributed by atoms with E-state index in [-0.39, 0.29) is 36.9 Å². The molecule has 0 aliphatic carbocycles. The van der Waals surface area contributed by atoms with Crippen molar-refractivity contribution >= 4 is 23.3 Å². The molecule has 0 aromatic heterocycles. The van der Waals surface area contributed by atoms with Gasteiger partial charge in [0, 0.05) is 24.5 Å². The smallest absolute Gasteiger partial charge is 0.309 e. The van der Waals surface area contributed by atoms with E-state index in [9.17, 15) is 14.4 Å². The Morgan fingerprint density at radius 1 is 1.19 bits per heavy atom. The van der Waals surface area contributed by atoms with E-state index in [1.165, 1.54) is 6.92 Å². The lowest BCUT2D eigenvalue weighted by Crippen LogP contribution is -3.14. The fraction of sp³-hybridized carbons (Fsp3) is 0.526. The number of likely N-dealkylation sites (tertiary alicyclic amines) is 1. The Bertz CT molecular complexity index is 740. The number of quaternary nitrogens is 1. The second-order valence-electron chi connectivity index (χ2n) is 6.81. The van der Waals surface area contributed by atoms with E-state index in [1.54, 1.807) is 19.1 Å². The zero-order valence-corrected chi connectivity index (χ0v) is 15.6. The first kappa shape index (κ1) is 19.2. The third kappa shape index (κ3) is 4.57. The quantitative estimate of drug-likeness (QED) is 0.551. The number of ether oxygens (including phenoxy) is 3. The van der Waals surface area contributed by atoms with Crippen LogP contribution in [0.4, 0.5) is 5.69 Å². The summed E-state index contributed by atoms with van der Waals surface area (Å²) < 4.78 is 15.7. The zero-order valence-electron chi connectivity index (χ0n) is 15.6. The Hall–Kier alpha value is -2.61. The SMILES string of the molecule is CCOC(=O)C1CC[NH+](CC(=O)Nc2cc3c(cc2C(C)=O)OCO3)CC1. The Morgan fingerprint density at radius 3 is 2.48 bits per heavy atom. The van der Waals surface area contributed by atoms with Crippen LogP contribution in [0.15, 0.2) is 12.1 Å². The predicted molar refractivity (Wildman–Crippen MR) is 96.1 cm³/mol. The number of amides is 1. The molecular weight excluding hydrogens is 352 g/mol. The first-order valence-electron chi connectivity index (χ1n) is 9.22. The maximum absolute atomic E-state index is 12.5. The van der Waals surface area contributed by atoms with Gasteiger partial charge in [0.05, 0.1) is 31.3 Å². The van der Waals surface area contributed by atoms with E-state index in [4.69, 9.17) is 14.2 Å². The molecule has 27 heavy (non-hydrogen) atoms. The molecule has 1 amide bonds. The highest BCUT2D eigenvalue weighted by atomic mass is 16.7. The summed E-state index contributed by atoms with van der Waals surface area (Å²) >= 11 is 0. The minimum atomic E-state index is -0.180. The monoisotopic (exact) mass is 377 g/mol. The minimum absolute atomic E-state index is 0.0741. The lowest BCUT2D eigenvalue weighted by molar-refractivity contribution is -0.897. The first-order chi connectivity index (χ1) is 13.0. The summed E-state index contributed by atoms with van der Waals surface area (Å²) in [6.07, 6.45) is 1.42. The fourth-order valence-electron chi connectivity index (χ4n) is 3.46. The topological polar surface area (TPSA) is 95.4 Å². The number of rotatable bonds is 6. The van der Waals surface area contributed by atoms with Crippen molar-refractivity contribution in [2.24, 2.45) is 5.92 Å². The number of Topliss-reactive ketones (excluding diaryl/α,β-unsaturated/α-hetero) is 1. The van der Waals surface area contributed by atoms with E-state index < -0.39 is 0 Å². The Morgan fingerprint density at radius 2 is 1.85 bits per heavy atom. The molecule has 3 rings (SSSR count). The third-order valence-electron chi connectivity index (χ3n) is 4.89. The number of esters is 1. The van der Waals surface area contributed by atoms with Crippen LogP contribution >= 0.6 is 0 Å². The highest BCUT2D eigenvalue weighted by molar-refractivity contribution is 6.04. The van der Waals surface area contributed by atoms with Crippen LogP contribution in [0.3, 0.4) is 0 Å². The number of anilines is 1. The molecule has 0 saturated carbocycles. The summed E-state index contributed by atoms with van der Waals surface area (Å²) in [6, 6.07) is 3.22. The van der Waals surface area contributed by atoms with Crippen molar-refractivity contribution in [1.29, 1.82) is 0 Å². The van der Waals surface area contributed by atoms with E-state index >= 15 is 0 Å². The second-order valence-corrected chi connectivity index (χ2v) is 6.81. The van der Waals surface area contributed by atoms with Crippen molar-refractivity contribution in [3.63, 3.8) is 0 Å². The molecule has 1 aromatic rings. The highest BCUT2D eigenvalue weighted by Crippen LogP contribution is 2.37. The molecule has 0 unspecified atom stereocenters. The summed E-state index contributed by atoms with van der Waals surface area (Å²) in [5, 5.41) is 2.82. The number of hydrogen-bond donors (Lipinski definition) is 2. The summed E-state index contributed by atoms with van der Waals surface area (Å²) in [6.45, 7) is 5.48. The number of carbonyl (C=O) groups is 3. The predicted octanol–water partition coefficient (Wildman–Crippen LogP) is 0.414. The lowest BCUT2D eigenvalue weighted by atomic mass is 9.97. The largest absolute Gasteiger partial charge is 0.466 e. The van der Waals surface area contributed by atoms with Gasteiger partial charge in [0.25, 0.3) is 5.91 Å². The van der Waals surface area contributed by atoms with E-state index in [0.717, 1.165) is 18.0 Å². The van der Waals surface area contributed by atoms with Crippen molar-refractivity contribution < 1.29 is 33.5 Å². The number of hydrogen-bond acceptors (Lipinski definition) is 6. The Kier molecular flexibility index (Phi) is 5.95. The van der Waals surface area contributed by atoms with Crippen molar-refractivity contribution in [2.75, 3.05) is 38.4 Å². The summed E-state index contributed by atoms with van der Waals surface area (Å²) in [4.78, 5) is 37.3. The van der Waals surface area contributed by atoms with Gasteiger partial charge in [-0.05, 0) is 19.9 Å². The molecule has 0 atom stereocenters. The number of carbonyl (C=O) groups excluding carboxylic acids is 3. The molecule has 2 heterocycles. The minimum Gasteiger partial charge on any atom is -0.466 e. The number of nitrogens with one attached hydrogen (secondary N) is 2. The van der Waals surface area contributed by atoms with Gasteiger partial charge in [0.1, 0.15) is 0 Å². The van der Waals surface area contributed by atoms with Crippen molar-refractivity contribution in [3.05, 3.63) is 17.7 Å². The average molecular weight is 377 g/mol. The molecule has 0 radical (unpaired) electrons. The van der Waals surface area contributed by atoms with Gasteiger partial charge in [-0.2, -0.15) is 0 Å². The van der Waals surface area contributed by atoms with Gasteiger partial charge >= 0.3 is 5.97 Å². The highest BCUT2D eigenvalue weighted by Gasteiger charge is 2.29. The Balaban J connectivity index is 1.57. The van der Waals surface area contributed by atoms with Crippen molar-refractivity contribution in [1.82, 2.24) is 0 Å². The summed E-state index contributed by atoms with van der Waals surface area (Å²) in [7, 11) is 0. The lowest BCUT2D eigenvalue weighted by Gasteiger charge is -2.27. The van der Waals surface area contributed by atoms with Gasteiger partial charge < -0.3 is 24.4 Å². The molecular formula is C19H25N2O6+. The van der Waals surface area contributed by atoms with Crippen LogP contribution < -0.4 is 19.7 Å². The second kappa shape index (κ2) is 8.39. The van der Waals surface area contributed by atoms with E-state index in [2.05, 4.69) is 5.32 Å². The van der Waals surface area contributed by atoms with Crippen LogP contribution in [0.1, 0.15) is 37.0 Å². The van der Waals surface area contributed by atoms with Crippen molar-refractivity contribution in [2.45, 2.75) is 26.7 Å². The maximum atomic E-state index is 12.5. The Labute approximate surface area is 157 Å². The zero-order chi connectivity index (χ0) is 19.4. The summed E-state index contributed by atoms with van der Waals surface area (Å²) in [5.41, 5.74) is 0.821. The van der Waals surface area contributed by atoms with Gasteiger partial charge in [0.15, 0.2) is 23.8 Å². The van der Waals surface area contributed by atoms with Gasteiger partial charge in [-0.15, -0.1) is 0 Å². The van der Waals surface area contributed by atoms with Crippen LogP contribution in [-0.2, 0) is 14.3 Å². The molecule has 8 nitrogen and oxygen atoms in total. The van der Waals surface area contributed by atoms with Gasteiger partial charge in [-0.3, -0.25) is 14.4 Å². The number of fused-ring (bicyclic) bond motifs is 1. The van der Waals surface area contributed by atoms with Gasteiger partial charge in [0.2, 0.25) is 6.79 Å². The number of piperidine rings is 1. The van der Waals surface area contributed by atoms with Gasteiger partial charge in [-0.1, -0.05) is 0 Å². The van der Waals surface area contributed by atoms with Crippen LogP contribution in [0.5, 0.6) is 11.5 Å². The molecule has 1 saturated heterocycles. The molecule has 2 aliphatic rings. The van der Waals surface area contributed by atoms with Crippen LogP contribution in [0.2, 0.25) is 0 Å². The van der Waals surface area contributed by atoms with E-state index in [0.29, 0.717) is 42.2 Å². The molecule has 1 aromatic carbocycles. The summed E-state index contributed by atoms with van der Waals surface area (Å²) in [5.74, 6) is 0.456. The number of benzene rings is 1. The molecule has 1 fully saturated rings. The van der Waals surface area contributed by atoms with Gasteiger partial charge in [-0.25, -0.2) is 0 Å². The van der Waals surface area contributed by atoms with Crippen LogP contribution in [0.25, 0.3) is 0 Å². The molecule has 2 N–H and O–H groups in total. The fourth-order valence-corrected chi connectivity index (χ4v) is 3.46. The molecule has 2 aliphatic heterocycles. The third-order valence-corrected chi connectivity index (χ3v) is 4.89. The standard InChI is InChI=1S/C19H24N2O6/c1-3-25-19(24)13-4-6-21(7-5-13)10-18(23)20-15-9-17-16(26-11-27-17)8-14(15)12(2)22/h8-9,13H,3-7,10-11H2,1-2H3,(H,20,23)/p+1. The number of ketones is 1. The van der Waals surface area contributed by atoms with Crippen LogP contribution in [-0.4, -0.2) is 50.7 Å². The normalized spacial score (nSPS) is 20.8. The van der Waals surface area contributed by atoms with Crippen molar-refractivity contribution in [3.8, 4) is 11.5 Å².